The molecule has 0 aromatic rings. The first-order valence-electron chi connectivity index (χ1n) is 2.64. The summed E-state index contributed by atoms with van der Waals surface area (Å²) in [6.45, 7) is 0. The SMILES string of the molecule is O=S1(=O)C[C@@H]2N[C@@H]2C1. The van der Waals surface area contributed by atoms with Crippen LogP contribution in [0.4, 0.5) is 0 Å². The molecule has 2 saturated heterocycles. The lowest BCUT2D eigenvalue weighted by atomic mass is 10.4. The van der Waals surface area contributed by atoms with E-state index in [0.29, 0.717) is 23.6 Å². The Hall–Kier alpha value is -0.0900. The summed E-state index contributed by atoms with van der Waals surface area (Å²) in [7, 11) is -2.61. The Morgan fingerprint density at radius 2 is 1.75 bits per heavy atom. The maximum absolute atomic E-state index is 10.6. The third-order valence-corrected chi connectivity index (χ3v) is 3.41. The highest BCUT2D eigenvalue weighted by Gasteiger charge is 2.48. The fourth-order valence-electron chi connectivity index (χ4n) is 1.16. The van der Waals surface area contributed by atoms with E-state index < -0.39 is 9.84 Å². The van der Waals surface area contributed by atoms with Gasteiger partial charge in [-0.2, -0.15) is 0 Å². The Labute approximate surface area is 48.0 Å². The highest BCUT2D eigenvalue weighted by Crippen LogP contribution is 2.23. The fourth-order valence-corrected chi connectivity index (χ4v) is 3.05. The van der Waals surface area contributed by atoms with Gasteiger partial charge in [0, 0.05) is 12.1 Å². The van der Waals surface area contributed by atoms with Gasteiger partial charge in [-0.15, -0.1) is 0 Å². The summed E-state index contributed by atoms with van der Waals surface area (Å²) < 4.78 is 21.3. The van der Waals surface area contributed by atoms with Crippen molar-refractivity contribution < 1.29 is 8.42 Å². The van der Waals surface area contributed by atoms with Crippen molar-refractivity contribution in [3.05, 3.63) is 0 Å². The van der Waals surface area contributed by atoms with Gasteiger partial charge in [0.2, 0.25) is 0 Å². The molecule has 4 heteroatoms. The molecule has 2 rings (SSSR count). The van der Waals surface area contributed by atoms with Crippen LogP contribution in [0.5, 0.6) is 0 Å². The van der Waals surface area contributed by atoms with Crippen LogP contribution in [0.2, 0.25) is 0 Å². The number of hydrogen-bond donors (Lipinski definition) is 1. The summed E-state index contributed by atoms with van der Waals surface area (Å²) in [5.41, 5.74) is 0. The second-order valence-corrected chi connectivity index (χ2v) is 4.61. The molecule has 2 fully saturated rings. The highest BCUT2D eigenvalue weighted by molar-refractivity contribution is 7.91. The molecular weight excluding hydrogens is 126 g/mol. The Kier molecular flexibility index (Phi) is 0.646. The van der Waals surface area contributed by atoms with Gasteiger partial charge in [-0.05, 0) is 0 Å². The van der Waals surface area contributed by atoms with Crippen molar-refractivity contribution in [2.75, 3.05) is 11.5 Å². The summed E-state index contributed by atoms with van der Waals surface area (Å²) in [4.78, 5) is 0. The van der Waals surface area contributed by atoms with Gasteiger partial charge in [0.25, 0.3) is 0 Å². The molecule has 0 amide bonds. The second kappa shape index (κ2) is 1.09. The minimum absolute atomic E-state index is 0.319. The van der Waals surface area contributed by atoms with E-state index in [1.54, 1.807) is 0 Å². The van der Waals surface area contributed by atoms with Gasteiger partial charge in [0.1, 0.15) is 0 Å². The predicted molar refractivity (Wildman–Crippen MR) is 29.4 cm³/mol. The summed E-state index contributed by atoms with van der Waals surface area (Å²) in [5, 5.41) is 3.04. The summed E-state index contributed by atoms with van der Waals surface area (Å²) >= 11 is 0. The van der Waals surface area contributed by atoms with Crippen LogP contribution in [0, 0.1) is 0 Å². The van der Waals surface area contributed by atoms with Crippen LogP contribution in [0.25, 0.3) is 0 Å². The van der Waals surface area contributed by atoms with Crippen molar-refractivity contribution in [2.45, 2.75) is 12.1 Å². The van der Waals surface area contributed by atoms with E-state index in [1.807, 2.05) is 0 Å². The fraction of sp³-hybridized carbons (Fsp3) is 1.00. The lowest BCUT2D eigenvalue weighted by Crippen LogP contribution is -2.13. The molecule has 2 heterocycles. The molecule has 0 bridgehead atoms. The normalized spacial score (nSPS) is 48.5. The second-order valence-electron chi connectivity index (χ2n) is 2.46. The van der Waals surface area contributed by atoms with Gasteiger partial charge in [-0.3, -0.25) is 0 Å². The molecule has 3 nitrogen and oxygen atoms in total. The summed E-state index contributed by atoms with van der Waals surface area (Å²) in [6, 6.07) is 0.639. The van der Waals surface area contributed by atoms with Gasteiger partial charge in [-0.1, -0.05) is 0 Å². The highest BCUT2D eigenvalue weighted by atomic mass is 32.2. The maximum atomic E-state index is 10.6. The van der Waals surface area contributed by atoms with Crippen molar-refractivity contribution in [3.63, 3.8) is 0 Å². The molecule has 8 heavy (non-hydrogen) atoms. The molecule has 0 spiro atoms. The first-order chi connectivity index (χ1) is 3.67. The molecule has 1 N–H and O–H groups in total. The van der Waals surface area contributed by atoms with E-state index >= 15 is 0 Å². The molecule has 0 aliphatic carbocycles. The zero-order valence-corrected chi connectivity index (χ0v) is 5.11. The van der Waals surface area contributed by atoms with Crippen molar-refractivity contribution in [1.82, 2.24) is 5.32 Å². The number of nitrogens with one attached hydrogen (secondary N) is 1. The monoisotopic (exact) mass is 133 g/mol. The molecule has 0 radical (unpaired) electrons. The molecule has 2 aliphatic heterocycles. The Bertz CT molecular complexity index is 192. The molecule has 2 atom stereocenters. The zero-order valence-electron chi connectivity index (χ0n) is 4.29. The Balaban J connectivity index is 2.30. The van der Waals surface area contributed by atoms with Gasteiger partial charge in [-0.25, -0.2) is 8.42 Å². The van der Waals surface area contributed by atoms with Crippen molar-refractivity contribution in [2.24, 2.45) is 0 Å². The van der Waals surface area contributed by atoms with Crippen LogP contribution < -0.4 is 5.32 Å². The van der Waals surface area contributed by atoms with Crippen molar-refractivity contribution in [3.8, 4) is 0 Å². The van der Waals surface area contributed by atoms with E-state index in [4.69, 9.17) is 0 Å². The lowest BCUT2D eigenvalue weighted by Gasteiger charge is -1.90. The van der Waals surface area contributed by atoms with Gasteiger partial charge >= 0.3 is 0 Å². The van der Waals surface area contributed by atoms with Crippen molar-refractivity contribution in [1.29, 1.82) is 0 Å². The summed E-state index contributed by atoms with van der Waals surface area (Å²) in [5.74, 6) is 0.745. The van der Waals surface area contributed by atoms with Gasteiger partial charge in [0.15, 0.2) is 9.84 Å². The quantitative estimate of drug-likeness (QED) is 0.420. The minimum Gasteiger partial charge on any atom is -0.306 e. The van der Waals surface area contributed by atoms with Crippen LogP contribution in [0.15, 0.2) is 0 Å². The van der Waals surface area contributed by atoms with Crippen LogP contribution >= 0.6 is 0 Å². The third-order valence-electron chi connectivity index (χ3n) is 1.67. The van der Waals surface area contributed by atoms with E-state index in [1.165, 1.54) is 0 Å². The number of fused-ring (bicyclic) bond motifs is 1. The molecule has 2 aliphatic rings. The van der Waals surface area contributed by atoms with Crippen LogP contribution in [-0.2, 0) is 9.84 Å². The number of sulfone groups is 1. The Morgan fingerprint density at radius 3 is 2.00 bits per heavy atom. The zero-order chi connectivity index (χ0) is 5.78. The molecule has 0 saturated carbocycles. The molecule has 0 unspecified atom stereocenters. The smallest absolute Gasteiger partial charge is 0.153 e. The van der Waals surface area contributed by atoms with E-state index in [9.17, 15) is 8.42 Å². The van der Waals surface area contributed by atoms with E-state index in [2.05, 4.69) is 5.32 Å². The van der Waals surface area contributed by atoms with Crippen molar-refractivity contribution >= 4 is 9.84 Å². The average molecular weight is 133 g/mol. The standard InChI is InChI=1S/C4H7NO2S/c6-8(7)1-3-4(2-8)5-3/h3-5H,1-2H2/t3-,4+. The predicted octanol–water partition coefficient (Wildman–Crippen LogP) is -1.24. The number of hydrogen-bond acceptors (Lipinski definition) is 3. The first-order valence-corrected chi connectivity index (χ1v) is 4.46. The molecular formula is C4H7NO2S. The lowest BCUT2D eigenvalue weighted by molar-refractivity contribution is 0.598. The van der Waals surface area contributed by atoms with Crippen LogP contribution in [0.1, 0.15) is 0 Å². The largest absolute Gasteiger partial charge is 0.306 e. The molecule has 0 aromatic heterocycles. The van der Waals surface area contributed by atoms with Crippen LogP contribution in [-0.4, -0.2) is 32.0 Å². The minimum atomic E-state index is -2.61. The van der Waals surface area contributed by atoms with Gasteiger partial charge < -0.3 is 5.32 Å². The summed E-state index contributed by atoms with van der Waals surface area (Å²) in [6.07, 6.45) is 0. The first kappa shape index (κ1) is 4.76. The number of rotatable bonds is 0. The van der Waals surface area contributed by atoms with Crippen LogP contribution in [0.3, 0.4) is 0 Å². The maximum Gasteiger partial charge on any atom is 0.153 e. The van der Waals surface area contributed by atoms with E-state index in [0.717, 1.165) is 0 Å². The average Bonchev–Trinajstić information content (AvgIpc) is 2.11. The van der Waals surface area contributed by atoms with E-state index in [-0.39, 0.29) is 0 Å². The molecule has 0 aromatic carbocycles. The topological polar surface area (TPSA) is 56.1 Å². The van der Waals surface area contributed by atoms with Gasteiger partial charge in [0.05, 0.1) is 11.5 Å². The Morgan fingerprint density at radius 1 is 1.25 bits per heavy atom. The third kappa shape index (κ3) is 0.563. The molecule has 46 valence electrons.